The first-order valence-electron chi connectivity index (χ1n) is 10.4. The lowest BCUT2D eigenvalue weighted by Crippen LogP contribution is -2.53. The van der Waals surface area contributed by atoms with E-state index in [1.165, 1.54) is 32.0 Å². The van der Waals surface area contributed by atoms with Gasteiger partial charge in [0.25, 0.3) is 11.2 Å². The van der Waals surface area contributed by atoms with Crippen molar-refractivity contribution in [1.82, 2.24) is 4.57 Å². The summed E-state index contributed by atoms with van der Waals surface area (Å²) in [5, 5.41) is 9.65. The molecule has 0 spiro atoms. The number of unbranched alkanes of at least 4 members (excludes halogenated alkanes) is 1. The number of hydrogen-bond acceptors (Lipinski definition) is 5. The number of ether oxygens (including phenoxy) is 3. The molecule has 35 heavy (non-hydrogen) atoms. The van der Waals surface area contributed by atoms with Crippen LogP contribution in [0.15, 0.2) is 29.1 Å². The summed E-state index contributed by atoms with van der Waals surface area (Å²) in [6, 6.07) is 3.34. The Morgan fingerprint density at radius 1 is 0.886 bits per heavy atom. The van der Waals surface area contributed by atoms with Crippen LogP contribution in [0.1, 0.15) is 25.3 Å². The van der Waals surface area contributed by atoms with Crippen LogP contribution in [0.3, 0.4) is 0 Å². The van der Waals surface area contributed by atoms with Crippen molar-refractivity contribution in [2.75, 3.05) is 21.3 Å². The van der Waals surface area contributed by atoms with Gasteiger partial charge in [-0.15, -0.1) is 0 Å². The molecule has 1 N–H and O–H groups in total. The average Bonchev–Trinajstić information content (AvgIpc) is 2.80. The Labute approximate surface area is 195 Å². The number of aliphatic hydroxyl groups is 1. The van der Waals surface area contributed by atoms with Gasteiger partial charge in [-0.25, -0.2) is 0 Å². The zero-order valence-corrected chi connectivity index (χ0v) is 19.2. The van der Waals surface area contributed by atoms with Crippen LogP contribution in [-0.2, 0) is 12.1 Å². The third-order valence-corrected chi connectivity index (χ3v) is 5.84. The Morgan fingerprint density at radius 2 is 1.49 bits per heavy atom. The normalized spacial score (nSPS) is 12.9. The number of nitrogens with zero attached hydrogens (tertiary/aromatic N) is 1. The number of aromatic nitrogens is 1. The number of alkyl halides is 6. The van der Waals surface area contributed by atoms with Gasteiger partial charge >= 0.3 is 12.4 Å². The first-order valence-corrected chi connectivity index (χ1v) is 10.4. The Kier molecular flexibility index (Phi) is 6.91. The van der Waals surface area contributed by atoms with Gasteiger partial charge in [-0.3, -0.25) is 4.79 Å². The summed E-state index contributed by atoms with van der Waals surface area (Å²) >= 11 is 0. The van der Waals surface area contributed by atoms with Crippen molar-refractivity contribution in [2.24, 2.45) is 0 Å². The summed E-state index contributed by atoms with van der Waals surface area (Å²) in [6.07, 6.45) is -11.0. The quantitative estimate of drug-likeness (QED) is 0.348. The molecule has 0 aliphatic rings. The van der Waals surface area contributed by atoms with Crippen LogP contribution in [-0.4, -0.2) is 43.4 Å². The number of rotatable bonds is 7. The van der Waals surface area contributed by atoms with Gasteiger partial charge in [0.05, 0.1) is 32.2 Å². The first-order chi connectivity index (χ1) is 16.3. The van der Waals surface area contributed by atoms with Crippen LogP contribution >= 0.6 is 0 Å². The molecule has 0 bridgehead atoms. The van der Waals surface area contributed by atoms with Crippen LogP contribution in [0, 0.1) is 0 Å². The fourth-order valence-corrected chi connectivity index (χ4v) is 4.07. The molecule has 12 heteroatoms. The van der Waals surface area contributed by atoms with Crippen LogP contribution in [0.4, 0.5) is 26.3 Å². The topological polar surface area (TPSA) is 69.9 Å². The minimum Gasteiger partial charge on any atom is -0.493 e. The van der Waals surface area contributed by atoms with Gasteiger partial charge in [0.1, 0.15) is 0 Å². The number of methoxy groups -OCH3 is 3. The van der Waals surface area contributed by atoms with E-state index in [0.29, 0.717) is 25.0 Å². The van der Waals surface area contributed by atoms with Crippen molar-refractivity contribution in [1.29, 1.82) is 0 Å². The lowest BCUT2D eigenvalue weighted by atomic mass is 9.90. The largest absolute Gasteiger partial charge is 0.493 e. The second-order valence-corrected chi connectivity index (χ2v) is 7.82. The highest BCUT2D eigenvalue weighted by Crippen LogP contribution is 2.51. The molecule has 0 unspecified atom stereocenters. The molecular formula is C23H23F6NO5. The van der Waals surface area contributed by atoms with Gasteiger partial charge in [0.15, 0.2) is 11.5 Å². The number of hydrogen-bond donors (Lipinski definition) is 1. The van der Waals surface area contributed by atoms with E-state index in [-0.39, 0.29) is 45.5 Å². The van der Waals surface area contributed by atoms with Gasteiger partial charge in [-0.05, 0) is 24.6 Å². The third-order valence-electron chi connectivity index (χ3n) is 5.84. The highest BCUT2D eigenvalue weighted by atomic mass is 19.4. The average molecular weight is 507 g/mol. The molecule has 1 heterocycles. The molecule has 192 valence electrons. The number of benzene rings is 2. The molecule has 0 atom stereocenters. The summed E-state index contributed by atoms with van der Waals surface area (Å²) in [4.78, 5) is 13.4. The predicted octanol–water partition coefficient (Wildman–Crippen LogP) is 5.29. The summed E-state index contributed by atoms with van der Waals surface area (Å²) in [6.45, 7) is 2.01. The van der Waals surface area contributed by atoms with Crippen LogP contribution in [0.2, 0.25) is 0 Å². The Morgan fingerprint density at radius 3 is 1.97 bits per heavy atom. The van der Waals surface area contributed by atoms with Crippen LogP contribution < -0.4 is 19.8 Å². The molecule has 3 rings (SSSR count). The predicted molar refractivity (Wildman–Crippen MR) is 116 cm³/mol. The van der Waals surface area contributed by atoms with Gasteiger partial charge in [0, 0.05) is 22.9 Å². The van der Waals surface area contributed by atoms with E-state index in [2.05, 4.69) is 0 Å². The highest BCUT2D eigenvalue weighted by molar-refractivity contribution is 6.11. The maximum absolute atomic E-state index is 13.6. The Hall–Kier alpha value is -3.15. The molecular weight excluding hydrogens is 484 g/mol. The van der Waals surface area contributed by atoms with Crippen LogP contribution in [0.25, 0.3) is 21.7 Å². The van der Waals surface area contributed by atoms with E-state index < -0.39 is 29.1 Å². The van der Waals surface area contributed by atoms with Crippen molar-refractivity contribution in [3.63, 3.8) is 0 Å². The lowest BCUT2D eigenvalue weighted by molar-refractivity contribution is -0.376. The second kappa shape index (κ2) is 9.14. The Balaban J connectivity index is 2.61. The van der Waals surface area contributed by atoms with E-state index in [0.717, 1.165) is 6.07 Å². The molecule has 0 saturated heterocycles. The molecule has 0 saturated carbocycles. The first kappa shape index (κ1) is 26.5. The zero-order chi connectivity index (χ0) is 26.3. The van der Waals surface area contributed by atoms with E-state index in [9.17, 15) is 36.2 Å². The van der Waals surface area contributed by atoms with E-state index in [4.69, 9.17) is 14.2 Å². The number of pyridine rings is 1. The van der Waals surface area contributed by atoms with Crippen LogP contribution in [0.5, 0.6) is 17.2 Å². The van der Waals surface area contributed by atoms with Crippen molar-refractivity contribution in [2.45, 2.75) is 44.3 Å². The summed E-state index contributed by atoms with van der Waals surface area (Å²) in [5.74, 6) is -0.0540. The lowest BCUT2D eigenvalue weighted by Gasteiger charge is -2.33. The molecule has 0 radical (unpaired) electrons. The van der Waals surface area contributed by atoms with Gasteiger partial charge < -0.3 is 23.9 Å². The molecule has 3 aromatic rings. The monoisotopic (exact) mass is 507 g/mol. The summed E-state index contributed by atoms with van der Waals surface area (Å²) < 4.78 is 98.7. The Bertz CT molecular complexity index is 1300. The maximum atomic E-state index is 13.6. The molecule has 6 nitrogen and oxygen atoms in total. The fraction of sp³-hybridized carbons (Fsp3) is 0.435. The molecule has 0 amide bonds. The van der Waals surface area contributed by atoms with Crippen molar-refractivity contribution < 1.29 is 45.7 Å². The fourth-order valence-electron chi connectivity index (χ4n) is 4.07. The molecule has 0 fully saturated rings. The number of halogens is 6. The van der Waals surface area contributed by atoms with E-state index in [1.807, 2.05) is 6.92 Å². The highest BCUT2D eigenvalue weighted by Gasteiger charge is 2.71. The van der Waals surface area contributed by atoms with Gasteiger partial charge in [-0.2, -0.15) is 26.3 Å². The van der Waals surface area contributed by atoms with Crippen molar-refractivity contribution >= 4 is 21.7 Å². The van der Waals surface area contributed by atoms with Gasteiger partial charge in [0.2, 0.25) is 5.75 Å². The SMILES string of the molecule is CCCCn1c(=O)c2cc(OC)c(OC)c(OC)c2c2cc(C(O)(C(F)(F)F)C(F)(F)F)ccc21. The molecule has 1 aromatic heterocycles. The minimum absolute atomic E-state index is 0.0122. The number of fused-ring (bicyclic) bond motifs is 3. The zero-order valence-electron chi connectivity index (χ0n) is 19.2. The summed E-state index contributed by atoms with van der Waals surface area (Å²) in [7, 11) is 3.76. The molecule has 0 aliphatic heterocycles. The number of aryl methyl sites for hydroxylation is 1. The van der Waals surface area contributed by atoms with E-state index in [1.54, 1.807) is 0 Å². The second-order valence-electron chi connectivity index (χ2n) is 7.82. The standard InChI is InChI=1S/C23H23F6NO5/c1-5-6-9-30-15-8-7-12(21(32,22(24,25)26)23(27,28)29)10-13(15)17-14(20(30)31)11-16(33-2)18(34-3)19(17)35-4/h7-8,10-11,32H,5-6,9H2,1-4H3. The molecule has 2 aromatic carbocycles. The maximum Gasteiger partial charge on any atom is 0.430 e. The minimum atomic E-state index is -6.07. The molecule has 0 aliphatic carbocycles. The third kappa shape index (κ3) is 4.03. The summed E-state index contributed by atoms with van der Waals surface area (Å²) in [5.41, 5.74) is -7.08. The van der Waals surface area contributed by atoms with Gasteiger partial charge in [-0.1, -0.05) is 19.4 Å². The van der Waals surface area contributed by atoms with Crippen molar-refractivity contribution in [3.8, 4) is 17.2 Å². The smallest absolute Gasteiger partial charge is 0.430 e. The van der Waals surface area contributed by atoms with Crippen molar-refractivity contribution in [3.05, 3.63) is 40.2 Å². The van der Waals surface area contributed by atoms with E-state index >= 15 is 0 Å².